The standard InChI is InChI=1S/C20H28ClN.3ClH.Ti/c1-12-9-15(4)19(22(21)20(6,7)8)17(10-12)18-14(3)11-13(2)16(18)5;;;;/h9-10,14-15H,1-8H3;3*1H;/q+1;;;;/p-3. The summed E-state index contributed by atoms with van der Waals surface area (Å²) in [7, 11) is 0. The first-order valence-electron chi connectivity index (χ1n) is 8.34. The van der Waals surface area contributed by atoms with E-state index in [1.54, 1.807) is 0 Å². The van der Waals surface area contributed by atoms with Gasteiger partial charge < -0.3 is 37.2 Å². The van der Waals surface area contributed by atoms with Crippen molar-refractivity contribution < 1.29 is 61.8 Å². The second-order valence-corrected chi connectivity index (χ2v) is 9.07. The second kappa shape index (κ2) is 10.3. The Morgan fingerprint density at radius 1 is 1.00 bits per heavy atom. The van der Waals surface area contributed by atoms with E-state index in [1.807, 2.05) is 4.09 Å². The fourth-order valence-corrected chi connectivity index (χ4v) is 4.33. The van der Waals surface area contributed by atoms with E-state index in [4.69, 9.17) is 11.8 Å². The molecule has 0 saturated carbocycles. The maximum atomic E-state index is 6.81. The predicted molar refractivity (Wildman–Crippen MR) is 96.4 cm³/mol. The van der Waals surface area contributed by atoms with Gasteiger partial charge in [0.1, 0.15) is 0 Å². The van der Waals surface area contributed by atoms with E-state index < -0.39 is 0 Å². The minimum absolute atomic E-state index is 0. The van der Waals surface area contributed by atoms with Gasteiger partial charge in [0.25, 0.3) is 0 Å². The Balaban J connectivity index is 0. The molecule has 6 heteroatoms. The van der Waals surface area contributed by atoms with Crippen molar-refractivity contribution in [1.29, 1.82) is 0 Å². The van der Waals surface area contributed by atoms with Gasteiger partial charge >= 0.3 is 159 Å². The maximum absolute atomic E-state index is 6.81. The Morgan fingerprint density at radius 2 is 1.50 bits per heavy atom. The average molecular weight is 472 g/mol. The first kappa shape index (κ1) is 28.7. The van der Waals surface area contributed by atoms with Crippen LogP contribution in [0, 0.1) is 11.8 Å². The molecule has 2 atom stereocenters. The molecule has 0 amide bonds. The first-order chi connectivity index (χ1) is 10.5. The molecule has 0 aromatic heterocycles. The Kier molecular flexibility index (Phi) is 11.4. The van der Waals surface area contributed by atoms with Gasteiger partial charge in [0.05, 0.1) is 0 Å². The number of hydrogen-bond donors (Lipinski definition) is 0. The van der Waals surface area contributed by atoms with Crippen LogP contribution in [0.15, 0.2) is 43.9 Å². The van der Waals surface area contributed by atoms with Crippen LogP contribution in [0.1, 0.15) is 55.4 Å². The van der Waals surface area contributed by atoms with Crippen molar-refractivity contribution >= 4 is 17.5 Å². The summed E-state index contributed by atoms with van der Waals surface area (Å²) >= 11 is 9.07. The van der Waals surface area contributed by atoms with Gasteiger partial charge in [-0.15, -0.1) is 0 Å². The Morgan fingerprint density at radius 3 is 1.88 bits per heavy atom. The van der Waals surface area contributed by atoms with Gasteiger partial charge in [-0.2, -0.15) is 0 Å². The number of nitrogens with zero attached hydrogens (tertiary/aromatic N) is 1. The Hall–Kier alpha value is 0.504. The molecule has 1 nitrogen and oxygen atoms in total. The number of allylic oxidation sites excluding steroid dienone is 8. The molecule has 2 rings (SSSR count). The van der Waals surface area contributed by atoms with Crippen molar-refractivity contribution in [1.82, 2.24) is 0 Å². The normalized spacial score (nSPS) is 24.9. The minimum Gasteiger partial charge on any atom is -1.00 e. The van der Waals surface area contributed by atoms with Gasteiger partial charge in [0.2, 0.25) is 0 Å². The van der Waals surface area contributed by atoms with E-state index in [0.717, 1.165) is 0 Å². The van der Waals surface area contributed by atoms with Crippen LogP contribution in [0.3, 0.4) is 0 Å². The first-order valence-corrected chi connectivity index (χ1v) is 9.46. The van der Waals surface area contributed by atoms with E-state index in [2.05, 4.69) is 88.0 Å². The van der Waals surface area contributed by atoms with Crippen LogP contribution in [0.25, 0.3) is 0 Å². The van der Waals surface area contributed by atoms with Crippen molar-refractivity contribution in [3.63, 3.8) is 0 Å². The molecular formula is C20H28Cl4NTi-2. The summed E-state index contributed by atoms with van der Waals surface area (Å²) in [6, 6.07) is 0. The van der Waals surface area contributed by atoms with Crippen molar-refractivity contribution in [2.45, 2.75) is 60.9 Å². The summed E-state index contributed by atoms with van der Waals surface area (Å²) in [4.78, 5) is 0. The smallest absolute Gasteiger partial charge is 1.00 e. The van der Waals surface area contributed by atoms with Crippen LogP contribution in [-0.2, 0) is 20.4 Å². The monoisotopic (exact) mass is 470 g/mol. The molecule has 0 fully saturated rings. The summed E-state index contributed by atoms with van der Waals surface area (Å²) in [5.74, 6) is 0.778. The number of rotatable bonds is 1. The SMILES string of the molecule is CC1=CC(C)C(=[N+](Cl)C(C)(C)C)C(C2=C(C)C(C)=[C]([Ti])C2C)=C1.[Cl-].[Cl-].[Cl-]. The molecule has 2 aliphatic carbocycles. The van der Waals surface area contributed by atoms with Crippen LogP contribution in [-0.4, -0.2) is 15.3 Å². The van der Waals surface area contributed by atoms with E-state index in [1.165, 1.54) is 37.5 Å². The van der Waals surface area contributed by atoms with Crippen LogP contribution in [0.5, 0.6) is 0 Å². The summed E-state index contributed by atoms with van der Waals surface area (Å²) < 4.78 is 3.43. The summed E-state index contributed by atoms with van der Waals surface area (Å²) in [6.07, 6.45) is 4.63. The van der Waals surface area contributed by atoms with Crippen LogP contribution >= 0.6 is 11.8 Å². The molecule has 0 aromatic carbocycles. The molecule has 2 aliphatic rings. The van der Waals surface area contributed by atoms with Crippen molar-refractivity contribution in [2.75, 3.05) is 0 Å². The third-order valence-corrected chi connectivity index (χ3v) is 6.87. The minimum atomic E-state index is -0.114. The van der Waals surface area contributed by atoms with Crippen molar-refractivity contribution in [3.05, 3.63) is 43.9 Å². The molecule has 0 heterocycles. The van der Waals surface area contributed by atoms with Crippen molar-refractivity contribution in [3.8, 4) is 0 Å². The maximum Gasteiger partial charge on any atom is -1.00 e. The zero-order valence-electron chi connectivity index (χ0n) is 16.8. The number of halogens is 4. The second-order valence-electron chi connectivity index (χ2n) is 7.89. The third-order valence-electron chi connectivity index (χ3n) is 4.92. The topological polar surface area (TPSA) is 3.01 Å². The van der Waals surface area contributed by atoms with Crippen molar-refractivity contribution in [2.24, 2.45) is 11.8 Å². The fraction of sp³-hybridized carbons (Fsp3) is 0.550. The Bertz CT molecular complexity index is 706. The molecule has 0 saturated heterocycles. The van der Waals surface area contributed by atoms with Crippen LogP contribution in [0.2, 0.25) is 0 Å². The molecule has 0 bridgehead atoms. The molecule has 0 N–H and O–H groups in total. The zero-order chi connectivity index (χ0) is 17.7. The van der Waals surface area contributed by atoms with E-state index >= 15 is 0 Å². The van der Waals surface area contributed by atoms with Crippen LogP contribution in [0.4, 0.5) is 0 Å². The van der Waals surface area contributed by atoms with Gasteiger partial charge in [-0.25, -0.2) is 0 Å². The van der Waals surface area contributed by atoms with Gasteiger partial charge in [-0.1, -0.05) is 0 Å². The average Bonchev–Trinajstić information content (AvgIpc) is 2.60. The summed E-state index contributed by atoms with van der Waals surface area (Å²) in [6.45, 7) is 17.7. The van der Waals surface area contributed by atoms with Gasteiger partial charge in [0, 0.05) is 0 Å². The zero-order valence-corrected chi connectivity index (χ0v) is 21.4. The molecular weight excluding hydrogens is 444 g/mol. The molecule has 2 unspecified atom stereocenters. The fourth-order valence-electron chi connectivity index (χ4n) is 3.56. The Labute approximate surface area is 194 Å². The molecule has 26 heavy (non-hydrogen) atoms. The quantitative estimate of drug-likeness (QED) is 0.279. The predicted octanol–water partition coefficient (Wildman–Crippen LogP) is -3.29. The van der Waals surface area contributed by atoms with Gasteiger partial charge in [-0.3, -0.25) is 0 Å². The van der Waals surface area contributed by atoms with E-state index in [0.29, 0.717) is 11.8 Å². The molecule has 147 valence electrons. The summed E-state index contributed by atoms with van der Waals surface area (Å²) in [5, 5.41) is 0. The van der Waals surface area contributed by atoms with Crippen LogP contribution < -0.4 is 37.2 Å². The largest absolute Gasteiger partial charge is 1.00 e. The van der Waals surface area contributed by atoms with E-state index in [-0.39, 0.29) is 42.8 Å². The molecule has 0 radical (unpaired) electrons. The molecule has 0 aliphatic heterocycles. The molecule has 0 spiro atoms. The third kappa shape index (κ3) is 5.31. The van der Waals surface area contributed by atoms with E-state index in [9.17, 15) is 0 Å². The molecule has 0 aromatic rings. The number of hydrogen-bond acceptors (Lipinski definition) is 0. The summed E-state index contributed by atoms with van der Waals surface area (Å²) in [5.41, 5.74) is 8.06. The van der Waals surface area contributed by atoms with Gasteiger partial charge in [0.15, 0.2) is 0 Å². The van der Waals surface area contributed by atoms with Gasteiger partial charge in [-0.05, 0) is 0 Å².